The van der Waals surface area contributed by atoms with Gasteiger partial charge in [0.15, 0.2) is 0 Å². The molecular formula is C29H45N3O2S. The number of allylic oxidation sites excluding steroid dienone is 1. The van der Waals surface area contributed by atoms with Gasteiger partial charge < -0.3 is 10.6 Å². The first-order chi connectivity index (χ1) is 16.8. The van der Waals surface area contributed by atoms with Crippen LogP contribution in [0.1, 0.15) is 88.1 Å². The van der Waals surface area contributed by atoms with E-state index in [0.29, 0.717) is 28.5 Å². The van der Waals surface area contributed by atoms with Crippen molar-refractivity contribution in [3.63, 3.8) is 0 Å². The van der Waals surface area contributed by atoms with Crippen LogP contribution in [0.5, 0.6) is 0 Å². The summed E-state index contributed by atoms with van der Waals surface area (Å²) in [7, 11) is -0.671. The Morgan fingerprint density at radius 2 is 1.63 bits per heavy atom. The molecule has 2 N–H and O–H groups in total. The van der Waals surface area contributed by atoms with E-state index in [1.807, 2.05) is 30.0 Å². The number of benzene rings is 1. The molecule has 1 aliphatic carbocycles. The largest absolute Gasteiger partial charge is 0.398 e. The summed E-state index contributed by atoms with van der Waals surface area (Å²) in [6.45, 7) is 12.4. The molecule has 0 spiro atoms. The van der Waals surface area contributed by atoms with Crippen molar-refractivity contribution in [3.05, 3.63) is 40.5 Å². The zero-order valence-corrected chi connectivity index (χ0v) is 23.0. The molecule has 6 heteroatoms. The van der Waals surface area contributed by atoms with E-state index in [9.17, 15) is 9.00 Å². The van der Waals surface area contributed by atoms with Crippen LogP contribution in [0, 0.1) is 12.8 Å². The summed E-state index contributed by atoms with van der Waals surface area (Å²) in [4.78, 5) is 17.7. The number of hydrogen-bond donors (Lipinski definition) is 1. The van der Waals surface area contributed by atoms with Crippen LogP contribution >= 0.6 is 0 Å². The number of likely N-dealkylation sites (tertiary alicyclic amines) is 2. The molecular weight excluding hydrogens is 454 g/mol. The van der Waals surface area contributed by atoms with Gasteiger partial charge in [-0.25, -0.2) is 0 Å². The molecule has 1 unspecified atom stereocenters. The number of anilines is 1. The fraction of sp³-hybridized carbons (Fsp3) is 0.690. The number of amides is 1. The van der Waals surface area contributed by atoms with Crippen molar-refractivity contribution in [2.75, 3.05) is 31.9 Å². The van der Waals surface area contributed by atoms with Crippen molar-refractivity contribution in [3.8, 4) is 0 Å². The second kappa shape index (κ2) is 11.6. The Kier molecular flexibility index (Phi) is 8.75. The van der Waals surface area contributed by atoms with Crippen LogP contribution in [-0.4, -0.2) is 62.6 Å². The average Bonchev–Trinajstić information content (AvgIpc) is 2.89. The summed E-state index contributed by atoms with van der Waals surface area (Å²) in [5.74, 6) is 0.774. The third-order valence-corrected chi connectivity index (χ3v) is 10.9. The third-order valence-electron chi connectivity index (χ3n) is 8.86. The predicted molar refractivity (Wildman–Crippen MR) is 147 cm³/mol. The molecule has 4 rings (SSSR count). The molecule has 2 heterocycles. The third kappa shape index (κ3) is 6.02. The molecule has 0 aromatic heterocycles. The molecule has 35 heavy (non-hydrogen) atoms. The van der Waals surface area contributed by atoms with Gasteiger partial charge in [-0.2, -0.15) is 0 Å². The number of nitrogens with two attached hydrogens (primary N) is 1. The Morgan fingerprint density at radius 1 is 1.00 bits per heavy atom. The van der Waals surface area contributed by atoms with Crippen molar-refractivity contribution in [2.24, 2.45) is 5.92 Å². The monoisotopic (exact) mass is 499 g/mol. The number of hydrogen-bond acceptors (Lipinski definition) is 4. The topological polar surface area (TPSA) is 66.6 Å². The molecule has 0 bridgehead atoms. The van der Waals surface area contributed by atoms with E-state index >= 15 is 0 Å². The van der Waals surface area contributed by atoms with Crippen LogP contribution in [0.25, 0.3) is 0 Å². The summed E-state index contributed by atoms with van der Waals surface area (Å²) in [5.41, 5.74) is 11.7. The lowest BCUT2D eigenvalue weighted by atomic mass is 9.80. The molecule has 1 amide bonds. The minimum atomic E-state index is -0.671. The first-order valence-corrected chi connectivity index (χ1v) is 15.0. The van der Waals surface area contributed by atoms with E-state index < -0.39 is 10.8 Å². The highest BCUT2D eigenvalue weighted by molar-refractivity contribution is 7.86. The molecule has 1 saturated carbocycles. The van der Waals surface area contributed by atoms with Gasteiger partial charge >= 0.3 is 0 Å². The molecule has 2 aliphatic heterocycles. The number of rotatable bonds is 5. The number of para-hydroxylation sites is 1. The summed E-state index contributed by atoms with van der Waals surface area (Å²) >= 11 is 0. The maximum atomic E-state index is 13.0. The number of nitrogen functional groups attached to an aromatic ring is 1. The predicted octanol–water partition coefficient (Wildman–Crippen LogP) is 5.31. The van der Waals surface area contributed by atoms with E-state index in [1.165, 1.54) is 25.7 Å². The van der Waals surface area contributed by atoms with E-state index in [4.69, 9.17) is 5.73 Å². The zero-order chi connectivity index (χ0) is 25.1. The van der Waals surface area contributed by atoms with Crippen molar-refractivity contribution in [2.45, 2.75) is 95.6 Å². The van der Waals surface area contributed by atoms with Crippen LogP contribution in [0.2, 0.25) is 0 Å². The highest BCUT2D eigenvalue weighted by atomic mass is 32.2. The van der Waals surface area contributed by atoms with Gasteiger partial charge in [-0.15, -0.1) is 0 Å². The van der Waals surface area contributed by atoms with Gasteiger partial charge in [0.05, 0.1) is 5.56 Å². The molecule has 2 saturated heterocycles. The van der Waals surface area contributed by atoms with Crippen LogP contribution in [0.3, 0.4) is 0 Å². The van der Waals surface area contributed by atoms with Crippen LogP contribution < -0.4 is 5.73 Å². The first-order valence-electron chi connectivity index (χ1n) is 13.7. The molecule has 1 aromatic rings. The average molecular weight is 500 g/mol. The highest BCUT2D eigenvalue weighted by Gasteiger charge is 2.32. The van der Waals surface area contributed by atoms with Gasteiger partial charge in [0.25, 0.3) is 5.91 Å². The van der Waals surface area contributed by atoms with Crippen molar-refractivity contribution >= 4 is 22.4 Å². The zero-order valence-electron chi connectivity index (χ0n) is 22.2. The van der Waals surface area contributed by atoms with Gasteiger partial charge in [-0.1, -0.05) is 37.1 Å². The highest BCUT2D eigenvalue weighted by Crippen LogP contribution is 2.36. The van der Waals surface area contributed by atoms with E-state index in [2.05, 4.69) is 25.7 Å². The standard InChI is InChI=1S/C29H45N3O2S/c1-20(2)35(34)26-10-8-23(9-11-26)22(4)24-12-16-31(17-13-24)25-14-18-32(19-15-25)29(33)27-7-5-6-21(3)28(27)30/h5-7,20,23,25-26H,8-19,30H2,1-4H3. The fourth-order valence-corrected chi connectivity index (χ4v) is 7.93. The van der Waals surface area contributed by atoms with Crippen molar-refractivity contribution in [1.82, 2.24) is 9.80 Å². The Balaban J connectivity index is 1.25. The smallest absolute Gasteiger partial charge is 0.255 e. The quantitative estimate of drug-likeness (QED) is 0.440. The van der Waals surface area contributed by atoms with Gasteiger partial charge in [-0.3, -0.25) is 13.9 Å². The van der Waals surface area contributed by atoms with Crippen LogP contribution in [-0.2, 0) is 10.8 Å². The summed E-state index contributed by atoms with van der Waals surface area (Å²) in [5, 5.41) is 0.692. The normalized spacial score (nSPS) is 25.6. The Hall–Kier alpha value is -1.66. The minimum absolute atomic E-state index is 0.0797. The second-order valence-electron chi connectivity index (χ2n) is 11.2. The van der Waals surface area contributed by atoms with Gasteiger partial charge in [0.1, 0.15) is 0 Å². The van der Waals surface area contributed by atoms with Gasteiger partial charge in [0, 0.05) is 59.2 Å². The lowest BCUT2D eigenvalue weighted by Crippen LogP contribution is -2.48. The Bertz CT molecular complexity index is 947. The number of aryl methyl sites for hydroxylation is 1. The van der Waals surface area contributed by atoms with E-state index in [-0.39, 0.29) is 11.2 Å². The molecule has 5 nitrogen and oxygen atoms in total. The number of piperidine rings is 2. The second-order valence-corrected chi connectivity index (χ2v) is 13.5. The van der Waals surface area contributed by atoms with Crippen LogP contribution in [0.15, 0.2) is 29.3 Å². The number of carbonyl (C=O) groups excluding carboxylic acids is 1. The molecule has 1 atom stereocenters. The maximum absolute atomic E-state index is 13.0. The molecule has 3 fully saturated rings. The van der Waals surface area contributed by atoms with E-state index in [0.717, 1.165) is 57.4 Å². The van der Waals surface area contributed by atoms with Crippen LogP contribution in [0.4, 0.5) is 5.69 Å². The minimum Gasteiger partial charge on any atom is -0.398 e. The van der Waals surface area contributed by atoms with Gasteiger partial charge in [0.2, 0.25) is 0 Å². The van der Waals surface area contributed by atoms with E-state index in [1.54, 1.807) is 11.1 Å². The van der Waals surface area contributed by atoms with Gasteiger partial charge in [-0.05, 0) is 82.8 Å². The molecule has 194 valence electrons. The molecule has 1 aromatic carbocycles. The number of carbonyl (C=O) groups is 1. The number of nitrogens with zero attached hydrogens (tertiary/aromatic N) is 2. The Labute approximate surface area is 215 Å². The summed E-state index contributed by atoms with van der Waals surface area (Å²) in [6.07, 6.45) is 9.12. The SMILES string of the molecule is CC(=C1CCN(C2CCN(C(=O)c3cccc(C)c3N)CC2)CC1)C1CCC(S(=O)C(C)C)CC1. The fourth-order valence-electron chi connectivity index (χ4n) is 6.43. The molecule has 3 aliphatic rings. The molecule has 0 radical (unpaired) electrons. The lowest BCUT2D eigenvalue weighted by molar-refractivity contribution is 0.0608. The summed E-state index contributed by atoms with van der Waals surface area (Å²) in [6, 6.07) is 6.31. The maximum Gasteiger partial charge on any atom is 0.255 e. The first kappa shape index (κ1) is 26.4. The van der Waals surface area contributed by atoms with Crippen molar-refractivity contribution < 1.29 is 9.00 Å². The Morgan fingerprint density at radius 3 is 2.23 bits per heavy atom. The summed E-state index contributed by atoms with van der Waals surface area (Å²) < 4.78 is 12.5. The lowest BCUT2D eigenvalue weighted by Gasteiger charge is -2.41. The van der Waals surface area contributed by atoms with Crippen molar-refractivity contribution in [1.29, 1.82) is 0 Å².